The van der Waals surface area contributed by atoms with Crippen molar-refractivity contribution < 1.29 is 19.4 Å². The Bertz CT molecular complexity index is 1020. The average Bonchev–Trinajstić information content (AvgIpc) is 2.82. The zero-order chi connectivity index (χ0) is 23.2. The van der Waals surface area contributed by atoms with Gasteiger partial charge < -0.3 is 24.8 Å². The number of anilines is 2. The molecule has 2 N–H and O–H groups in total. The number of terminal acetylenes is 1. The largest absolute Gasteiger partial charge is 0.490 e. The third-order valence-corrected chi connectivity index (χ3v) is 6.14. The van der Waals surface area contributed by atoms with Gasteiger partial charge in [-0.05, 0) is 37.1 Å². The first-order valence-corrected chi connectivity index (χ1v) is 11.4. The van der Waals surface area contributed by atoms with Crippen molar-refractivity contribution >= 4 is 17.3 Å². The van der Waals surface area contributed by atoms with Crippen molar-refractivity contribution in [3.05, 3.63) is 47.5 Å². The second kappa shape index (κ2) is 10.6. The summed E-state index contributed by atoms with van der Waals surface area (Å²) in [5.41, 5.74) is 4.06. The first-order valence-electron chi connectivity index (χ1n) is 11.4. The van der Waals surface area contributed by atoms with Crippen molar-refractivity contribution in [2.75, 3.05) is 56.2 Å². The first kappa shape index (κ1) is 23.0. The molecular weight excluding hydrogens is 418 g/mol. The quantitative estimate of drug-likeness (QED) is 0.603. The number of aryl methyl sites for hydroxylation is 1. The fourth-order valence-electron chi connectivity index (χ4n) is 4.43. The Kier molecular flexibility index (Phi) is 7.38. The van der Waals surface area contributed by atoms with E-state index < -0.39 is 6.10 Å². The van der Waals surface area contributed by atoms with E-state index >= 15 is 0 Å². The molecule has 0 radical (unpaired) electrons. The molecule has 0 saturated carbocycles. The lowest BCUT2D eigenvalue weighted by Crippen LogP contribution is -2.49. The number of piperazine rings is 1. The van der Waals surface area contributed by atoms with Crippen LogP contribution in [0.5, 0.6) is 11.5 Å². The summed E-state index contributed by atoms with van der Waals surface area (Å²) in [4.78, 5) is 16.6. The molecule has 7 heteroatoms. The Balaban J connectivity index is 1.31. The predicted octanol–water partition coefficient (Wildman–Crippen LogP) is 2.45. The molecule has 2 aliphatic rings. The predicted molar refractivity (Wildman–Crippen MR) is 129 cm³/mol. The lowest BCUT2D eigenvalue weighted by molar-refractivity contribution is -0.116. The number of rotatable bonds is 8. The number of hydrogen-bond acceptors (Lipinski definition) is 6. The van der Waals surface area contributed by atoms with Crippen LogP contribution >= 0.6 is 0 Å². The number of aliphatic hydroxyl groups is 1. The summed E-state index contributed by atoms with van der Waals surface area (Å²) >= 11 is 0. The van der Waals surface area contributed by atoms with E-state index in [-0.39, 0.29) is 19.1 Å². The molecule has 0 bridgehead atoms. The smallest absolute Gasteiger partial charge is 0.224 e. The van der Waals surface area contributed by atoms with E-state index in [2.05, 4.69) is 52.2 Å². The van der Waals surface area contributed by atoms with Crippen LogP contribution in [0.3, 0.4) is 0 Å². The van der Waals surface area contributed by atoms with Gasteiger partial charge in [-0.25, -0.2) is 0 Å². The maximum atomic E-state index is 11.9. The Morgan fingerprint density at radius 3 is 2.61 bits per heavy atom. The van der Waals surface area contributed by atoms with Crippen LogP contribution in [-0.4, -0.2) is 68.0 Å². The van der Waals surface area contributed by atoms with Crippen molar-refractivity contribution in [2.45, 2.75) is 25.9 Å². The highest BCUT2D eigenvalue weighted by atomic mass is 16.5. The molecule has 1 saturated heterocycles. The third kappa shape index (κ3) is 5.59. The normalized spacial score (nSPS) is 17.0. The minimum Gasteiger partial charge on any atom is -0.490 e. The molecule has 0 aliphatic carbocycles. The number of carbonyl (C=O) groups excluding carboxylic acids is 1. The van der Waals surface area contributed by atoms with Gasteiger partial charge in [0.05, 0.1) is 5.69 Å². The number of ether oxygens (including phenoxy) is 2. The van der Waals surface area contributed by atoms with Crippen molar-refractivity contribution in [2.24, 2.45) is 0 Å². The monoisotopic (exact) mass is 449 g/mol. The van der Waals surface area contributed by atoms with Crippen LogP contribution in [0.1, 0.15) is 17.5 Å². The zero-order valence-corrected chi connectivity index (χ0v) is 19.0. The van der Waals surface area contributed by atoms with Crippen LogP contribution in [0.15, 0.2) is 36.4 Å². The van der Waals surface area contributed by atoms with Crippen LogP contribution < -0.4 is 19.7 Å². The van der Waals surface area contributed by atoms with Gasteiger partial charge in [0, 0.05) is 50.4 Å². The number of aliphatic hydroxyl groups excluding tert-OH is 1. The minimum absolute atomic E-state index is 0.0601. The van der Waals surface area contributed by atoms with E-state index in [1.165, 1.54) is 11.3 Å². The lowest BCUT2D eigenvalue weighted by atomic mass is 10.0. The van der Waals surface area contributed by atoms with Crippen molar-refractivity contribution in [1.29, 1.82) is 0 Å². The van der Waals surface area contributed by atoms with Gasteiger partial charge in [0.25, 0.3) is 0 Å². The van der Waals surface area contributed by atoms with Gasteiger partial charge in [-0.1, -0.05) is 24.1 Å². The Hall–Kier alpha value is -3.21. The number of nitrogens with one attached hydrogen (secondary N) is 1. The van der Waals surface area contributed by atoms with E-state index in [9.17, 15) is 9.90 Å². The molecule has 7 nitrogen and oxygen atoms in total. The standard InChI is InChI=1S/C26H31N3O4/c1-3-16-32-24-10-9-23(21-8-11-25(31)27-26(21)24)33-18-20(30)17-28-12-14-29(15-13-28)22-7-5-4-6-19(22)2/h1,4-7,9-10,20,30H,8,11-18H2,2H3,(H,27,31). The van der Waals surface area contributed by atoms with Crippen molar-refractivity contribution in [3.8, 4) is 23.8 Å². The van der Waals surface area contributed by atoms with E-state index in [1.807, 2.05) is 6.07 Å². The Labute approximate surface area is 195 Å². The summed E-state index contributed by atoms with van der Waals surface area (Å²) in [6, 6.07) is 12.0. The number of β-amino-alcohol motifs (C(OH)–C–C–N with tert-alkyl or cyclic N) is 1. The molecule has 2 heterocycles. The molecule has 1 amide bonds. The lowest BCUT2D eigenvalue weighted by Gasteiger charge is -2.37. The summed E-state index contributed by atoms with van der Waals surface area (Å²) in [7, 11) is 0. The SMILES string of the molecule is C#CCOc1ccc(OCC(O)CN2CCN(c3ccccc3C)CC2)c2c1NC(=O)CC2. The number of fused-ring (bicyclic) bond motifs is 1. The zero-order valence-electron chi connectivity index (χ0n) is 19.0. The number of para-hydroxylation sites is 1. The van der Waals surface area contributed by atoms with E-state index in [0.717, 1.165) is 31.7 Å². The molecule has 2 aliphatic heterocycles. The topological polar surface area (TPSA) is 74.3 Å². The number of carbonyl (C=O) groups is 1. The number of nitrogens with zero attached hydrogens (tertiary/aromatic N) is 2. The van der Waals surface area contributed by atoms with Crippen molar-refractivity contribution in [1.82, 2.24) is 4.90 Å². The van der Waals surface area contributed by atoms with Gasteiger partial charge in [0.1, 0.15) is 30.8 Å². The summed E-state index contributed by atoms with van der Waals surface area (Å²) < 4.78 is 11.5. The highest BCUT2D eigenvalue weighted by Gasteiger charge is 2.24. The van der Waals surface area contributed by atoms with Crippen LogP contribution in [0.25, 0.3) is 0 Å². The molecule has 2 aromatic rings. The highest BCUT2D eigenvalue weighted by molar-refractivity contribution is 5.96. The third-order valence-electron chi connectivity index (χ3n) is 6.14. The van der Waals surface area contributed by atoms with Gasteiger partial charge in [0.2, 0.25) is 5.91 Å². The fraction of sp³-hybridized carbons (Fsp3) is 0.423. The molecule has 1 fully saturated rings. The van der Waals surface area contributed by atoms with Gasteiger partial charge in [-0.15, -0.1) is 6.42 Å². The summed E-state index contributed by atoms with van der Waals surface area (Å²) in [5, 5.41) is 13.5. The van der Waals surface area contributed by atoms with E-state index in [4.69, 9.17) is 15.9 Å². The molecule has 1 unspecified atom stereocenters. The molecule has 174 valence electrons. The molecule has 0 aromatic heterocycles. The van der Waals surface area contributed by atoms with Crippen LogP contribution in [0, 0.1) is 19.3 Å². The van der Waals surface area contributed by atoms with Crippen LogP contribution in [0.4, 0.5) is 11.4 Å². The highest BCUT2D eigenvalue weighted by Crippen LogP contribution is 2.39. The average molecular weight is 450 g/mol. The molecule has 0 spiro atoms. The first-order chi connectivity index (χ1) is 16.0. The van der Waals surface area contributed by atoms with Crippen LogP contribution in [-0.2, 0) is 11.2 Å². The molecule has 4 rings (SSSR count). The Morgan fingerprint density at radius 1 is 1.09 bits per heavy atom. The summed E-state index contributed by atoms with van der Waals surface area (Å²) in [6.07, 6.45) is 5.62. The minimum atomic E-state index is -0.610. The molecule has 2 aromatic carbocycles. The second-order valence-corrected chi connectivity index (χ2v) is 8.50. The van der Waals surface area contributed by atoms with E-state index in [0.29, 0.717) is 36.6 Å². The number of benzene rings is 2. The molecule has 1 atom stereocenters. The number of hydrogen-bond donors (Lipinski definition) is 2. The number of amides is 1. The maximum absolute atomic E-state index is 11.9. The molecule has 33 heavy (non-hydrogen) atoms. The van der Waals surface area contributed by atoms with Gasteiger partial charge >= 0.3 is 0 Å². The van der Waals surface area contributed by atoms with Gasteiger partial charge in [-0.3, -0.25) is 9.69 Å². The van der Waals surface area contributed by atoms with Crippen LogP contribution in [0.2, 0.25) is 0 Å². The maximum Gasteiger partial charge on any atom is 0.224 e. The summed E-state index contributed by atoms with van der Waals surface area (Å²) in [6.45, 7) is 6.67. The second-order valence-electron chi connectivity index (χ2n) is 8.50. The van der Waals surface area contributed by atoms with E-state index in [1.54, 1.807) is 6.07 Å². The summed E-state index contributed by atoms with van der Waals surface area (Å²) in [5.74, 6) is 3.57. The van der Waals surface area contributed by atoms with Gasteiger partial charge in [0.15, 0.2) is 0 Å². The van der Waals surface area contributed by atoms with Gasteiger partial charge in [-0.2, -0.15) is 0 Å². The fourth-order valence-corrected chi connectivity index (χ4v) is 4.43. The van der Waals surface area contributed by atoms with Crippen molar-refractivity contribution in [3.63, 3.8) is 0 Å². The Morgan fingerprint density at radius 2 is 1.85 bits per heavy atom. The molecular formula is C26H31N3O4.